The van der Waals surface area contributed by atoms with Gasteiger partial charge in [-0.15, -0.1) is 0 Å². The Morgan fingerprint density at radius 1 is 1.15 bits per heavy atom. The molecular formula is C21H26N2O4. The second-order valence-corrected chi connectivity index (χ2v) is 7.62. The number of nitrogens with zero attached hydrogens (tertiary/aromatic N) is 2. The maximum absolute atomic E-state index is 13.0. The number of carboxylic acid groups (broad SMARTS) is 1. The van der Waals surface area contributed by atoms with E-state index in [4.69, 9.17) is 9.84 Å². The molecule has 0 saturated heterocycles. The van der Waals surface area contributed by atoms with Gasteiger partial charge in [0.15, 0.2) is 0 Å². The van der Waals surface area contributed by atoms with Gasteiger partial charge in [-0.2, -0.15) is 0 Å². The summed E-state index contributed by atoms with van der Waals surface area (Å²) in [5.41, 5.74) is 1.22. The van der Waals surface area contributed by atoms with Gasteiger partial charge in [0, 0.05) is 24.8 Å². The highest BCUT2D eigenvalue weighted by Gasteiger charge is 2.23. The third-order valence-corrected chi connectivity index (χ3v) is 4.01. The zero-order valence-corrected chi connectivity index (χ0v) is 16.2. The summed E-state index contributed by atoms with van der Waals surface area (Å²) >= 11 is 0. The Bertz CT molecular complexity index is 795. The van der Waals surface area contributed by atoms with Crippen LogP contribution < -0.4 is 4.74 Å². The lowest BCUT2D eigenvalue weighted by molar-refractivity contribution is 0.0689. The van der Waals surface area contributed by atoms with E-state index in [-0.39, 0.29) is 17.0 Å². The minimum atomic E-state index is -1.15. The second kappa shape index (κ2) is 8.66. The molecule has 27 heavy (non-hydrogen) atoms. The van der Waals surface area contributed by atoms with E-state index in [0.717, 1.165) is 11.3 Å². The van der Waals surface area contributed by atoms with Crippen LogP contribution in [0.2, 0.25) is 0 Å². The highest BCUT2D eigenvalue weighted by molar-refractivity contribution is 5.96. The quantitative estimate of drug-likeness (QED) is 0.807. The van der Waals surface area contributed by atoms with Gasteiger partial charge < -0.3 is 14.7 Å². The van der Waals surface area contributed by atoms with Gasteiger partial charge in [-0.05, 0) is 41.7 Å². The summed E-state index contributed by atoms with van der Waals surface area (Å²) in [4.78, 5) is 29.7. The SMILES string of the molecule is COc1ccc(CCN(CC(C)(C)C)C(=O)c2ccnc(C(=O)O)c2)cc1. The van der Waals surface area contributed by atoms with Gasteiger partial charge in [0.25, 0.3) is 5.91 Å². The number of benzene rings is 1. The highest BCUT2D eigenvalue weighted by atomic mass is 16.5. The summed E-state index contributed by atoms with van der Waals surface area (Å²) in [5, 5.41) is 9.11. The monoisotopic (exact) mass is 370 g/mol. The zero-order valence-electron chi connectivity index (χ0n) is 16.2. The Kier molecular flexibility index (Phi) is 6.55. The molecule has 144 valence electrons. The maximum Gasteiger partial charge on any atom is 0.354 e. The highest BCUT2D eigenvalue weighted by Crippen LogP contribution is 2.19. The minimum Gasteiger partial charge on any atom is -0.497 e. The number of rotatable bonds is 7. The van der Waals surface area contributed by atoms with Crippen molar-refractivity contribution in [1.82, 2.24) is 9.88 Å². The standard InChI is InChI=1S/C21H26N2O4/c1-21(2,3)14-23(12-10-15-5-7-17(27-4)8-6-15)19(24)16-9-11-22-18(13-16)20(25)26/h5-9,11,13H,10,12,14H2,1-4H3,(H,25,26). The van der Waals surface area contributed by atoms with Crippen LogP contribution in [0.4, 0.5) is 0 Å². The molecule has 6 nitrogen and oxygen atoms in total. The average molecular weight is 370 g/mol. The van der Waals surface area contributed by atoms with Crippen LogP contribution in [0, 0.1) is 5.41 Å². The Morgan fingerprint density at radius 2 is 1.81 bits per heavy atom. The molecule has 0 radical (unpaired) electrons. The number of hydrogen-bond acceptors (Lipinski definition) is 4. The summed E-state index contributed by atoms with van der Waals surface area (Å²) in [6.07, 6.45) is 2.05. The van der Waals surface area contributed by atoms with Crippen molar-refractivity contribution < 1.29 is 19.4 Å². The van der Waals surface area contributed by atoms with Crippen molar-refractivity contribution in [1.29, 1.82) is 0 Å². The molecule has 1 aromatic heterocycles. The van der Waals surface area contributed by atoms with Crippen LogP contribution in [0.25, 0.3) is 0 Å². The van der Waals surface area contributed by atoms with Crippen molar-refractivity contribution in [3.8, 4) is 5.75 Å². The molecule has 0 unspecified atom stereocenters. The van der Waals surface area contributed by atoms with Gasteiger partial charge in [-0.3, -0.25) is 4.79 Å². The Balaban J connectivity index is 2.18. The number of aromatic carboxylic acids is 1. The fourth-order valence-corrected chi connectivity index (χ4v) is 2.74. The fourth-order valence-electron chi connectivity index (χ4n) is 2.74. The average Bonchev–Trinajstić information content (AvgIpc) is 2.64. The first-order valence-electron chi connectivity index (χ1n) is 8.81. The fraction of sp³-hybridized carbons (Fsp3) is 0.381. The number of ether oxygens (including phenoxy) is 1. The molecule has 2 aromatic rings. The first-order chi connectivity index (χ1) is 12.7. The molecule has 0 aliphatic carbocycles. The molecule has 6 heteroatoms. The van der Waals surface area contributed by atoms with Crippen molar-refractivity contribution in [2.75, 3.05) is 20.2 Å². The summed E-state index contributed by atoms with van der Waals surface area (Å²) in [7, 11) is 1.62. The van der Waals surface area contributed by atoms with Gasteiger partial charge >= 0.3 is 5.97 Å². The van der Waals surface area contributed by atoms with E-state index in [0.29, 0.717) is 25.1 Å². The zero-order chi connectivity index (χ0) is 20.0. The van der Waals surface area contributed by atoms with Gasteiger partial charge in [0.2, 0.25) is 0 Å². The first-order valence-corrected chi connectivity index (χ1v) is 8.81. The minimum absolute atomic E-state index is 0.0851. The predicted molar refractivity (Wildman–Crippen MR) is 103 cm³/mol. The molecule has 1 N–H and O–H groups in total. The van der Waals surface area contributed by atoms with Crippen LogP contribution in [0.1, 0.15) is 47.2 Å². The van der Waals surface area contributed by atoms with Crippen LogP contribution in [-0.2, 0) is 6.42 Å². The number of carboxylic acids is 1. The maximum atomic E-state index is 13.0. The summed E-state index contributed by atoms with van der Waals surface area (Å²) in [6, 6.07) is 10.6. The normalized spacial score (nSPS) is 11.1. The van der Waals surface area contributed by atoms with Gasteiger partial charge in [-0.25, -0.2) is 9.78 Å². The van der Waals surface area contributed by atoms with Crippen LogP contribution in [0.15, 0.2) is 42.6 Å². The summed E-state index contributed by atoms with van der Waals surface area (Å²) in [6.45, 7) is 7.29. The molecule has 1 heterocycles. The number of carbonyl (C=O) groups excluding carboxylic acids is 1. The van der Waals surface area contributed by atoms with E-state index in [9.17, 15) is 9.59 Å². The second-order valence-electron chi connectivity index (χ2n) is 7.62. The van der Waals surface area contributed by atoms with Crippen molar-refractivity contribution in [2.24, 2.45) is 5.41 Å². The van der Waals surface area contributed by atoms with E-state index in [2.05, 4.69) is 25.8 Å². The molecule has 2 rings (SSSR count). The van der Waals surface area contributed by atoms with E-state index >= 15 is 0 Å². The topological polar surface area (TPSA) is 79.7 Å². The molecule has 0 aliphatic rings. The largest absolute Gasteiger partial charge is 0.497 e. The van der Waals surface area contributed by atoms with E-state index in [1.807, 2.05) is 24.3 Å². The number of hydrogen-bond donors (Lipinski definition) is 1. The third kappa shape index (κ3) is 6.09. The van der Waals surface area contributed by atoms with Crippen LogP contribution in [0.5, 0.6) is 5.75 Å². The van der Waals surface area contributed by atoms with Gasteiger partial charge in [0.05, 0.1) is 7.11 Å². The number of carbonyl (C=O) groups is 2. The van der Waals surface area contributed by atoms with Gasteiger partial charge in [0.1, 0.15) is 11.4 Å². The third-order valence-electron chi connectivity index (χ3n) is 4.01. The van der Waals surface area contributed by atoms with Crippen molar-refractivity contribution in [3.63, 3.8) is 0 Å². The van der Waals surface area contributed by atoms with Crippen molar-refractivity contribution in [3.05, 3.63) is 59.4 Å². The lowest BCUT2D eigenvalue weighted by atomic mass is 9.95. The number of amides is 1. The Hall–Kier alpha value is -2.89. The lowest BCUT2D eigenvalue weighted by Gasteiger charge is -2.30. The van der Waals surface area contributed by atoms with Crippen LogP contribution in [-0.4, -0.2) is 47.1 Å². The van der Waals surface area contributed by atoms with E-state index in [1.54, 1.807) is 18.1 Å². The molecular weight excluding hydrogens is 344 g/mol. The Labute approximate surface area is 159 Å². The summed E-state index contributed by atoms with van der Waals surface area (Å²) in [5.74, 6) is -0.548. The molecule has 0 bridgehead atoms. The van der Waals surface area contributed by atoms with Crippen LogP contribution >= 0.6 is 0 Å². The molecule has 1 amide bonds. The Morgan fingerprint density at radius 3 is 2.37 bits per heavy atom. The van der Waals surface area contributed by atoms with E-state index in [1.165, 1.54) is 12.3 Å². The predicted octanol–water partition coefficient (Wildman–Crippen LogP) is 3.52. The number of aromatic nitrogens is 1. The summed E-state index contributed by atoms with van der Waals surface area (Å²) < 4.78 is 5.17. The number of pyridine rings is 1. The van der Waals surface area contributed by atoms with Crippen molar-refractivity contribution >= 4 is 11.9 Å². The molecule has 0 atom stereocenters. The smallest absolute Gasteiger partial charge is 0.354 e. The van der Waals surface area contributed by atoms with E-state index < -0.39 is 5.97 Å². The molecule has 0 spiro atoms. The van der Waals surface area contributed by atoms with Crippen LogP contribution in [0.3, 0.4) is 0 Å². The molecule has 0 saturated carbocycles. The first kappa shape index (κ1) is 20.4. The van der Waals surface area contributed by atoms with Gasteiger partial charge in [-0.1, -0.05) is 32.9 Å². The molecule has 0 aliphatic heterocycles. The lowest BCUT2D eigenvalue weighted by Crippen LogP contribution is -2.39. The molecule has 0 fully saturated rings. The molecule has 1 aromatic carbocycles. The van der Waals surface area contributed by atoms with Crippen molar-refractivity contribution in [2.45, 2.75) is 27.2 Å². The number of methoxy groups -OCH3 is 1.